The minimum Gasteiger partial charge on any atom is -0.493 e. The highest BCUT2D eigenvalue weighted by molar-refractivity contribution is 5.53. The number of ether oxygens (including phenoxy) is 1. The summed E-state index contributed by atoms with van der Waals surface area (Å²) in [6.07, 6.45) is 0. The standard InChI is InChI=1S/C9H12O3.C2H6/c1-6-8(5-10)4-9(12-6)7(2)11-3;1-2/h4,10H,2,5H2,1,3H3;1-2H3. The highest BCUT2D eigenvalue weighted by Crippen LogP contribution is 2.20. The molecule has 0 aliphatic rings. The zero-order valence-electron chi connectivity index (χ0n) is 9.26. The second-order valence-electron chi connectivity index (χ2n) is 2.48. The molecule has 1 heterocycles. The number of aliphatic hydroxyl groups is 1. The first-order valence-corrected chi connectivity index (χ1v) is 4.62. The molecule has 0 amide bonds. The fourth-order valence-corrected chi connectivity index (χ4v) is 0.915. The Morgan fingerprint density at radius 3 is 2.50 bits per heavy atom. The maximum Gasteiger partial charge on any atom is 0.168 e. The van der Waals surface area contributed by atoms with Crippen LogP contribution in [-0.4, -0.2) is 12.2 Å². The van der Waals surface area contributed by atoms with Gasteiger partial charge >= 0.3 is 0 Å². The van der Waals surface area contributed by atoms with E-state index in [9.17, 15) is 0 Å². The first-order valence-electron chi connectivity index (χ1n) is 4.62. The lowest BCUT2D eigenvalue weighted by Gasteiger charge is -1.97. The molecule has 1 aromatic rings. The molecular weight excluding hydrogens is 180 g/mol. The molecule has 0 saturated carbocycles. The van der Waals surface area contributed by atoms with Gasteiger partial charge in [-0.2, -0.15) is 0 Å². The fraction of sp³-hybridized carbons (Fsp3) is 0.455. The predicted molar refractivity (Wildman–Crippen MR) is 56.8 cm³/mol. The van der Waals surface area contributed by atoms with Crippen LogP contribution in [-0.2, 0) is 11.3 Å². The van der Waals surface area contributed by atoms with E-state index in [1.54, 1.807) is 13.0 Å². The largest absolute Gasteiger partial charge is 0.493 e. The maximum atomic E-state index is 8.86. The van der Waals surface area contributed by atoms with Crippen LogP contribution in [0, 0.1) is 6.92 Å². The van der Waals surface area contributed by atoms with Crippen LogP contribution in [0.5, 0.6) is 0 Å². The highest BCUT2D eigenvalue weighted by Gasteiger charge is 2.08. The molecule has 14 heavy (non-hydrogen) atoms. The quantitative estimate of drug-likeness (QED) is 0.759. The molecule has 0 unspecified atom stereocenters. The molecule has 0 spiro atoms. The average molecular weight is 198 g/mol. The molecule has 0 radical (unpaired) electrons. The monoisotopic (exact) mass is 198 g/mol. The van der Waals surface area contributed by atoms with Crippen LogP contribution in [0.25, 0.3) is 5.76 Å². The minimum absolute atomic E-state index is 0.0215. The van der Waals surface area contributed by atoms with Crippen molar-refractivity contribution in [2.75, 3.05) is 7.11 Å². The molecule has 0 saturated heterocycles. The summed E-state index contributed by atoms with van der Waals surface area (Å²) in [5.74, 6) is 1.74. The third-order valence-electron chi connectivity index (χ3n) is 1.71. The Hall–Kier alpha value is -1.22. The smallest absolute Gasteiger partial charge is 0.168 e. The summed E-state index contributed by atoms with van der Waals surface area (Å²) < 4.78 is 10.2. The topological polar surface area (TPSA) is 42.6 Å². The molecule has 0 aliphatic heterocycles. The van der Waals surface area contributed by atoms with Gasteiger partial charge in [-0.05, 0) is 13.0 Å². The van der Waals surface area contributed by atoms with E-state index in [4.69, 9.17) is 14.3 Å². The van der Waals surface area contributed by atoms with Crippen LogP contribution in [0.2, 0.25) is 0 Å². The second kappa shape index (κ2) is 6.27. The van der Waals surface area contributed by atoms with Crippen molar-refractivity contribution < 1.29 is 14.3 Å². The molecular formula is C11H18O3. The number of aryl methyl sites for hydroxylation is 1. The van der Waals surface area contributed by atoms with Crippen LogP contribution in [0.4, 0.5) is 0 Å². The number of rotatable bonds is 3. The van der Waals surface area contributed by atoms with Gasteiger partial charge in [-0.1, -0.05) is 20.4 Å². The summed E-state index contributed by atoms with van der Waals surface area (Å²) in [6, 6.07) is 1.72. The van der Waals surface area contributed by atoms with E-state index in [1.807, 2.05) is 13.8 Å². The number of hydrogen-bond acceptors (Lipinski definition) is 3. The van der Waals surface area contributed by atoms with E-state index in [0.29, 0.717) is 17.3 Å². The van der Waals surface area contributed by atoms with Gasteiger partial charge in [0.15, 0.2) is 11.5 Å². The summed E-state index contributed by atoms with van der Waals surface area (Å²) in [5, 5.41) is 8.86. The summed E-state index contributed by atoms with van der Waals surface area (Å²) >= 11 is 0. The molecule has 1 aromatic heterocycles. The lowest BCUT2D eigenvalue weighted by atomic mass is 10.2. The highest BCUT2D eigenvalue weighted by atomic mass is 16.5. The van der Waals surface area contributed by atoms with E-state index >= 15 is 0 Å². The Balaban J connectivity index is 0.000000791. The molecule has 1 rings (SSSR count). The van der Waals surface area contributed by atoms with E-state index in [-0.39, 0.29) is 6.61 Å². The van der Waals surface area contributed by atoms with Crippen molar-refractivity contribution >= 4 is 5.76 Å². The average Bonchev–Trinajstić information content (AvgIpc) is 2.61. The van der Waals surface area contributed by atoms with Crippen molar-refractivity contribution in [3.8, 4) is 0 Å². The van der Waals surface area contributed by atoms with Crippen molar-refractivity contribution in [3.63, 3.8) is 0 Å². The third-order valence-corrected chi connectivity index (χ3v) is 1.71. The number of furan rings is 1. The first-order chi connectivity index (χ1) is 6.69. The van der Waals surface area contributed by atoms with Crippen LogP contribution in [0.3, 0.4) is 0 Å². The normalized spacial score (nSPS) is 8.93. The second-order valence-corrected chi connectivity index (χ2v) is 2.48. The summed E-state index contributed by atoms with van der Waals surface area (Å²) in [4.78, 5) is 0. The zero-order valence-corrected chi connectivity index (χ0v) is 9.26. The Bertz CT molecular complexity index is 287. The van der Waals surface area contributed by atoms with Crippen LogP contribution in [0.1, 0.15) is 30.9 Å². The number of aliphatic hydroxyl groups excluding tert-OH is 1. The van der Waals surface area contributed by atoms with E-state index in [2.05, 4.69) is 6.58 Å². The Kier molecular flexibility index (Phi) is 5.72. The SMILES string of the molecule is C=C(OC)c1cc(CO)c(C)o1.CC. The van der Waals surface area contributed by atoms with Crippen LogP contribution in [0.15, 0.2) is 17.1 Å². The molecule has 0 atom stereocenters. The van der Waals surface area contributed by atoms with Crippen molar-refractivity contribution in [3.05, 3.63) is 29.7 Å². The van der Waals surface area contributed by atoms with E-state index in [0.717, 1.165) is 5.56 Å². The van der Waals surface area contributed by atoms with Crippen molar-refractivity contribution in [2.45, 2.75) is 27.4 Å². The Morgan fingerprint density at radius 1 is 1.57 bits per heavy atom. The first kappa shape index (κ1) is 12.8. The summed E-state index contributed by atoms with van der Waals surface area (Å²) in [7, 11) is 1.53. The van der Waals surface area contributed by atoms with E-state index in [1.165, 1.54) is 7.11 Å². The van der Waals surface area contributed by atoms with E-state index < -0.39 is 0 Å². The van der Waals surface area contributed by atoms with Gasteiger partial charge in [0.1, 0.15) is 5.76 Å². The van der Waals surface area contributed by atoms with Gasteiger partial charge in [-0.3, -0.25) is 0 Å². The zero-order chi connectivity index (χ0) is 11.1. The molecule has 0 aliphatic carbocycles. The van der Waals surface area contributed by atoms with Gasteiger partial charge in [0.2, 0.25) is 0 Å². The van der Waals surface area contributed by atoms with Gasteiger partial charge in [0.05, 0.1) is 13.7 Å². The Labute approximate surface area is 85.0 Å². The number of hydrogen-bond donors (Lipinski definition) is 1. The molecule has 0 fully saturated rings. The van der Waals surface area contributed by atoms with Gasteiger partial charge in [0.25, 0.3) is 0 Å². The molecule has 3 heteroatoms. The van der Waals surface area contributed by atoms with Crippen LogP contribution < -0.4 is 0 Å². The molecule has 80 valence electrons. The van der Waals surface area contributed by atoms with Gasteiger partial charge in [-0.25, -0.2) is 0 Å². The minimum atomic E-state index is -0.0215. The molecule has 3 nitrogen and oxygen atoms in total. The predicted octanol–water partition coefficient (Wildman–Crippen LogP) is 2.72. The molecule has 0 aromatic carbocycles. The molecule has 0 bridgehead atoms. The van der Waals surface area contributed by atoms with Gasteiger partial charge < -0.3 is 14.3 Å². The van der Waals surface area contributed by atoms with Crippen molar-refractivity contribution in [1.82, 2.24) is 0 Å². The fourth-order valence-electron chi connectivity index (χ4n) is 0.915. The van der Waals surface area contributed by atoms with Crippen molar-refractivity contribution in [2.24, 2.45) is 0 Å². The maximum absolute atomic E-state index is 8.86. The lowest BCUT2D eigenvalue weighted by Crippen LogP contribution is -1.81. The van der Waals surface area contributed by atoms with Crippen LogP contribution >= 0.6 is 0 Å². The lowest BCUT2D eigenvalue weighted by molar-refractivity contribution is 0.279. The Morgan fingerprint density at radius 2 is 2.14 bits per heavy atom. The van der Waals surface area contributed by atoms with Gasteiger partial charge in [-0.15, -0.1) is 0 Å². The van der Waals surface area contributed by atoms with Crippen molar-refractivity contribution in [1.29, 1.82) is 0 Å². The summed E-state index contributed by atoms with van der Waals surface area (Å²) in [6.45, 7) is 9.40. The summed E-state index contributed by atoms with van der Waals surface area (Å²) in [5.41, 5.74) is 0.767. The van der Waals surface area contributed by atoms with Gasteiger partial charge in [0, 0.05) is 5.56 Å². The third kappa shape index (κ3) is 2.92. The number of methoxy groups -OCH3 is 1. The molecule has 1 N–H and O–H groups in total.